The number of benzene rings is 2. The van der Waals surface area contributed by atoms with Crippen LogP contribution in [0.25, 0.3) is 0 Å². The van der Waals surface area contributed by atoms with E-state index in [0.717, 1.165) is 0 Å². The smallest absolute Gasteiger partial charge is 0.249 e. The maximum absolute atomic E-state index is 12.3. The molecule has 2 rings (SSSR count). The Morgan fingerprint density at radius 3 is 2.29 bits per heavy atom. The summed E-state index contributed by atoms with van der Waals surface area (Å²) >= 11 is 5.92. The Morgan fingerprint density at radius 1 is 1.05 bits per heavy atom. The molecule has 0 aliphatic carbocycles. The van der Waals surface area contributed by atoms with Gasteiger partial charge in [-0.05, 0) is 24.3 Å². The minimum absolute atomic E-state index is 0.161. The third kappa shape index (κ3) is 3.47. The van der Waals surface area contributed by atoms with Crippen LogP contribution in [0, 0.1) is 17.2 Å². The quantitative estimate of drug-likeness (QED) is 0.695. The zero-order valence-electron chi connectivity index (χ0n) is 10.9. The van der Waals surface area contributed by atoms with Crippen molar-refractivity contribution in [3.05, 3.63) is 65.2 Å². The third-order valence-electron chi connectivity index (χ3n) is 2.83. The van der Waals surface area contributed by atoms with Crippen LogP contribution in [-0.2, 0) is 4.79 Å². The molecule has 0 aliphatic rings. The Bertz CT molecular complexity index is 708. The SMILES string of the molecule is N#CC(C(=O)Nc1ccccc1)C(=O)c1ccccc1Cl. The van der Waals surface area contributed by atoms with Gasteiger partial charge in [0, 0.05) is 11.3 Å². The van der Waals surface area contributed by atoms with Gasteiger partial charge in [0.1, 0.15) is 0 Å². The second-order valence-corrected chi connectivity index (χ2v) is 4.67. The summed E-state index contributed by atoms with van der Waals surface area (Å²) in [5.74, 6) is -2.73. The van der Waals surface area contributed by atoms with Crippen LogP contribution in [0.4, 0.5) is 5.69 Å². The number of nitrogens with zero attached hydrogens (tertiary/aromatic N) is 1. The molecule has 0 saturated carbocycles. The van der Waals surface area contributed by atoms with Gasteiger partial charge < -0.3 is 5.32 Å². The number of hydrogen-bond acceptors (Lipinski definition) is 3. The fourth-order valence-electron chi connectivity index (χ4n) is 1.79. The fourth-order valence-corrected chi connectivity index (χ4v) is 2.02. The van der Waals surface area contributed by atoms with Crippen molar-refractivity contribution in [2.24, 2.45) is 5.92 Å². The average Bonchev–Trinajstić information content (AvgIpc) is 2.49. The number of halogens is 1. The highest BCUT2D eigenvalue weighted by atomic mass is 35.5. The zero-order valence-corrected chi connectivity index (χ0v) is 11.7. The highest BCUT2D eigenvalue weighted by Crippen LogP contribution is 2.20. The summed E-state index contributed by atoms with van der Waals surface area (Å²) in [6.45, 7) is 0. The van der Waals surface area contributed by atoms with E-state index >= 15 is 0 Å². The molecule has 0 saturated heterocycles. The Labute approximate surface area is 127 Å². The molecule has 0 aliphatic heterocycles. The summed E-state index contributed by atoms with van der Waals surface area (Å²) in [6, 6.07) is 16.7. The summed E-state index contributed by atoms with van der Waals surface area (Å²) in [6.07, 6.45) is 0. The topological polar surface area (TPSA) is 70.0 Å². The first-order valence-corrected chi connectivity index (χ1v) is 6.55. The van der Waals surface area contributed by atoms with Crippen LogP contribution in [0.15, 0.2) is 54.6 Å². The molecule has 0 radical (unpaired) electrons. The van der Waals surface area contributed by atoms with Crippen molar-refractivity contribution >= 4 is 29.0 Å². The molecule has 1 unspecified atom stereocenters. The number of ketones is 1. The summed E-state index contributed by atoms with van der Waals surface area (Å²) in [5, 5.41) is 11.9. The lowest BCUT2D eigenvalue weighted by Crippen LogP contribution is -2.28. The molecular weight excluding hydrogens is 288 g/mol. The molecule has 1 N–H and O–H groups in total. The Morgan fingerprint density at radius 2 is 1.67 bits per heavy atom. The average molecular weight is 299 g/mol. The van der Waals surface area contributed by atoms with Crippen molar-refractivity contribution in [2.45, 2.75) is 0 Å². The number of rotatable bonds is 4. The molecule has 0 fully saturated rings. The third-order valence-corrected chi connectivity index (χ3v) is 3.16. The van der Waals surface area contributed by atoms with E-state index in [2.05, 4.69) is 5.32 Å². The van der Waals surface area contributed by atoms with Crippen LogP contribution in [0.5, 0.6) is 0 Å². The van der Waals surface area contributed by atoms with Crippen molar-refractivity contribution in [3.63, 3.8) is 0 Å². The van der Waals surface area contributed by atoms with Crippen LogP contribution >= 0.6 is 11.6 Å². The van der Waals surface area contributed by atoms with Gasteiger partial charge in [0.05, 0.1) is 11.1 Å². The number of hydrogen-bond donors (Lipinski definition) is 1. The minimum atomic E-state index is -1.44. The first-order valence-electron chi connectivity index (χ1n) is 6.17. The first-order chi connectivity index (χ1) is 10.1. The molecule has 0 aromatic heterocycles. The van der Waals surface area contributed by atoms with E-state index in [-0.39, 0.29) is 10.6 Å². The molecule has 104 valence electrons. The van der Waals surface area contributed by atoms with Crippen molar-refractivity contribution in [1.82, 2.24) is 0 Å². The van der Waals surface area contributed by atoms with Gasteiger partial charge in [0.2, 0.25) is 5.91 Å². The van der Waals surface area contributed by atoms with Gasteiger partial charge in [0.25, 0.3) is 0 Å². The molecule has 5 heteroatoms. The number of amides is 1. The maximum Gasteiger partial charge on any atom is 0.249 e. The molecule has 0 bridgehead atoms. The summed E-state index contributed by atoms with van der Waals surface area (Å²) < 4.78 is 0. The Balaban J connectivity index is 2.20. The van der Waals surface area contributed by atoms with Crippen molar-refractivity contribution in [1.29, 1.82) is 5.26 Å². The number of nitriles is 1. The molecule has 0 heterocycles. The van der Waals surface area contributed by atoms with Gasteiger partial charge in [-0.15, -0.1) is 0 Å². The predicted molar refractivity (Wildman–Crippen MR) is 80.0 cm³/mol. The number of carbonyl (C=O) groups is 2. The molecule has 0 spiro atoms. The second-order valence-electron chi connectivity index (χ2n) is 4.26. The van der Waals surface area contributed by atoms with Crippen LogP contribution < -0.4 is 5.32 Å². The molecular formula is C16H11ClN2O2. The number of nitrogens with one attached hydrogen (secondary N) is 1. The van der Waals surface area contributed by atoms with Crippen LogP contribution in [0.1, 0.15) is 10.4 Å². The van der Waals surface area contributed by atoms with Crippen LogP contribution in [0.3, 0.4) is 0 Å². The fraction of sp³-hybridized carbons (Fsp3) is 0.0625. The van der Waals surface area contributed by atoms with E-state index in [9.17, 15) is 9.59 Å². The van der Waals surface area contributed by atoms with E-state index in [1.54, 1.807) is 54.6 Å². The predicted octanol–water partition coefficient (Wildman–Crippen LogP) is 3.30. The molecule has 1 atom stereocenters. The molecule has 2 aromatic rings. The summed E-state index contributed by atoms with van der Waals surface area (Å²) in [4.78, 5) is 24.3. The van der Waals surface area contributed by atoms with E-state index < -0.39 is 17.6 Å². The lowest BCUT2D eigenvalue weighted by molar-refractivity contribution is -0.117. The van der Waals surface area contributed by atoms with Crippen molar-refractivity contribution in [3.8, 4) is 6.07 Å². The van der Waals surface area contributed by atoms with Gasteiger partial charge in [0.15, 0.2) is 11.7 Å². The molecule has 2 aromatic carbocycles. The monoisotopic (exact) mass is 298 g/mol. The minimum Gasteiger partial charge on any atom is -0.325 e. The Hall–Kier alpha value is -2.64. The first kappa shape index (κ1) is 14.8. The van der Waals surface area contributed by atoms with Gasteiger partial charge in [-0.1, -0.05) is 41.9 Å². The largest absolute Gasteiger partial charge is 0.325 e. The number of Topliss-reactive ketones (excluding diaryl/α,β-unsaturated/α-hetero) is 1. The van der Waals surface area contributed by atoms with Crippen molar-refractivity contribution in [2.75, 3.05) is 5.32 Å². The molecule has 21 heavy (non-hydrogen) atoms. The van der Waals surface area contributed by atoms with Gasteiger partial charge in [-0.25, -0.2) is 0 Å². The highest BCUT2D eigenvalue weighted by Gasteiger charge is 2.28. The lowest BCUT2D eigenvalue weighted by Gasteiger charge is -2.10. The number of para-hydroxylation sites is 1. The normalized spacial score (nSPS) is 11.2. The van der Waals surface area contributed by atoms with Crippen LogP contribution in [-0.4, -0.2) is 11.7 Å². The molecule has 4 nitrogen and oxygen atoms in total. The number of carbonyl (C=O) groups excluding carboxylic acids is 2. The number of anilines is 1. The van der Waals surface area contributed by atoms with Crippen LogP contribution in [0.2, 0.25) is 5.02 Å². The zero-order chi connectivity index (χ0) is 15.2. The van der Waals surface area contributed by atoms with Gasteiger partial charge in [-0.2, -0.15) is 5.26 Å². The van der Waals surface area contributed by atoms with E-state index in [4.69, 9.17) is 16.9 Å². The lowest BCUT2D eigenvalue weighted by atomic mass is 9.98. The highest BCUT2D eigenvalue weighted by molar-refractivity contribution is 6.35. The van der Waals surface area contributed by atoms with E-state index in [1.165, 1.54) is 6.07 Å². The Kier molecular flexibility index (Phi) is 4.70. The van der Waals surface area contributed by atoms with Gasteiger partial charge in [-0.3, -0.25) is 9.59 Å². The van der Waals surface area contributed by atoms with E-state index in [0.29, 0.717) is 5.69 Å². The summed E-state index contributed by atoms with van der Waals surface area (Å²) in [5.41, 5.74) is 0.684. The second kappa shape index (κ2) is 6.69. The summed E-state index contributed by atoms with van der Waals surface area (Å²) in [7, 11) is 0. The van der Waals surface area contributed by atoms with E-state index in [1.807, 2.05) is 0 Å². The maximum atomic E-state index is 12.3. The standard InChI is InChI=1S/C16H11ClN2O2/c17-14-9-5-4-8-12(14)15(20)13(10-18)16(21)19-11-6-2-1-3-7-11/h1-9,13H,(H,19,21). The van der Waals surface area contributed by atoms with Crippen molar-refractivity contribution < 1.29 is 9.59 Å². The van der Waals surface area contributed by atoms with Gasteiger partial charge >= 0.3 is 0 Å². The molecule has 1 amide bonds.